The van der Waals surface area contributed by atoms with Crippen LogP contribution in [0.4, 0.5) is 0 Å². The average Bonchev–Trinajstić information content (AvgIpc) is 0.724. The summed E-state index contributed by atoms with van der Waals surface area (Å²) in [6.07, 6.45) is 7.71. The van der Waals surface area contributed by atoms with Crippen molar-refractivity contribution >= 4 is 11.9 Å². The fourth-order valence-electron chi connectivity index (χ4n) is 23.2. The highest BCUT2D eigenvalue weighted by atomic mass is 17.2. The number of aromatic hydroxyl groups is 8. The Labute approximate surface area is 842 Å². The quantitative estimate of drug-likeness (QED) is 0.00272. The van der Waals surface area contributed by atoms with Crippen LogP contribution in [0.1, 0.15) is 289 Å². The molecule has 1 atom stereocenters. The van der Waals surface area contributed by atoms with Gasteiger partial charge in [0.05, 0.1) is 26.2 Å². The van der Waals surface area contributed by atoms with E-state index in [9.17, 15) is 50.4 Å². The SMILES string of the molecule is C=COOCOc1c(C)cc(C2(c3cc(C)c(OCC(=O)OC)c(C(c4cc(C)c(O)cc4C)c4cc(C)c(O)cc4C)c3)CCC(C(C)(C)C3CCC(c4cc(C)c(OCOOC=C)c(C(c5cc(C)c(O)cc5C)c5cc(C)c(O)cc5C)c4)(c4cc(C)c(OCC(=O)OC)c(C(c5cc(C)c(O)cc5C)c5cc(C)c(O)cc5C)c4)CC3)CC2)cc1C(c1cc([CH2+])c(O)cc1C)c1cc(C)c(O)cc1C. The Morgan fingerprint density at radius 1 is 0.308 bits per heavy atom. The van der Waals surface area contributed by atoms with Gasteiger partial charge in [-0.25, -0.2) is 9.59 Å². The molecule has 750 valence electrons. The van der Waals surface area contributed by atoms with Crippen molar-refractivity contribution in [2.24, 2.45) is 17.3 Å². The highest BCUT2D eigenvalue weighted by Gasteiger charge is 2.51. The van der Waals surface area contributed by atoms with Crippen LogP contribution in [0.5, 0.6) is 69.0 Å². The van der Waals surface area contributed by atoms with Crippen molar-refractivity contribution in [3.63, 3.8) is 0 Å². The lowest BCUT2D eigenvalue weighted by atomic mass is 9.52. The van der Waals surface area contributed by atoms with E-state index in [-0.39, 0.29) is 76.8 Å². The Morgan fingerprint density at radius 2 is 0.517 bits per heavy atom. The van der Waals surface area contributed by atoms with Gasteiger partial charge in [0.15, 0.2) is 18.8 Å². The molecule has 20 nitrogen and oxygen atoms in total. The Balaban J connectivity index is 1.01. The van der Waals surface area contributed by atoms with Crippen molar-refractivity contribution in [3.8, 4) is 69.0 Å². The van der Waals surface area contributed by atoms with Gasteiger partial charge in [0.1, 0.15) is 75.8 Å². The van der Waals surface area contributed by atoms with Crippen LogP contribution in [0.15, 0.2) is 171 Å². The Morgan fingerprint density at radius 3 is 0.734 bits per heavy atom. The zero-order valence-corrected chi connectivity index (χ0v) is 87.1. The van der Waals surface area contributed by atoms with Crippen molar-refractivity contribution in [1.29, 1.82) is 0 Å². The molecule has 12 aromatic carbocycles. The van der Waals surface area contributed by atoms with Crippen LogP contribution in [-0.2, 0) is 49.4 Å². The van der Waals surface area contributed by atoms with Crippen molar-refractivity contribution in [2.45, 2.75) is 231 Å². The van der Waals surface area contributed by atoms with Gasteiger partial charge in [-0.05, 0) is 410 Å². The van der Waals surface area contributed by atoms with Gasteiger partial charge in [-0.15, -0.1) is 9.78 Å². The first-order valence-electron chi connectivity index (χ1n) is 49.1. The molecule has 2 saturated carbocycles. The van der Waals surface area contributed by atoms with Gasteiger partial charge in [-0.2, -0.15) is 0 Å². The number of rotatable bonds is 34. The first kappa shape index (κ1) is 105. The lowest BCUT2D eigenvalue weighted by Gasteiger charge is -2.52. The zero-order valence-electron chi connectivity index (χ0n) is 87.1. The molecule has 0 aliphatic heterocycles. The number of methoxy groups -OCH3 is 2. The van der Waals surface area contributed by atoms with Crippen LogP contribution in [0.2, 0.25) is 0 Å². The third-order valence-electron chi connectivity index (χ3n) is 31.4. The molecule has 2 fully saturated rings. The maximum atomic E-state index is 13.7. The highest BCUT2D eigenvalue weighted by Crippen LogP contribution is 2.62. The summed E-state index contributed by atoms with van der Waals surface area (Å²) < 4.78 is 38.3. The molecule has 12 aromatic rings. The van der Waals surface area contributed by atoms with Crippen molar-refractivity contribution in [1.82, 2.24) is 0 Å². The second-order valence-corrected chi connectivity index (χ2v) is 40.9. The van der Waals surface area contributed by atoms with Gasteiger partial charge in [0.2, 0.25) is 19.3 Å². The van der Waals surface area contributed by atoms with E-state index in [2.05, 4.69) is 89.4 Å². The van der Waals surface area contributed by atoms with E-state index in [4.69, 9.17) is 48.0 Å². The molecule has 0 saturated heterocycles. The molecule has 0 spiro atoms. The van der Waals surface area contributed by atoms with E-state index >= 15 is 0 Å². The molecule has 0 aromatic heterocycles. The van der Waals surface area contributed by atoms with Crippen LogP contribution >= 0.6 is 0 Å². The molecule has 14 rings (SSSR count). The minimum absolute atomic E-state index is 0.0327. The predicted octanol–water partition coefficient (Wildman–Crippen LogP) is 26.7. The van der Waals surface area contributed by atoms with Crippen LogP contribution in [0, 0.1) is 156 Å². The maximum Gasteiger partial charge on any atom is 0.343 e. The van der Waals surface area contributed by atoms with Crippen LogP contribution in [0.25, 0.3) is 0 Å². The number of aryl methyl sites for hydroxylation is 19. The van der Waals surface area contributed by atoms with Gasteiger partial charge in [-0.1, -0.05) is 118 Å². The number of phenolic OH excluding ortho intramolecular Hbond substituents is 8. The molecule has 0 radical (unpaired) electrons. The van der Waals surface area contributed by atoms with Gasteiger partial charge < -0.3 is 79.0 Å². The first-order chi connectivity index (χ1) is 67.8. The summed E-state index contributed by atoms with van der Waals surface area (Å²) in [6, 6.07) is 48.5. The van der Waals surface area contributed by atoms with E-state index < -0.39 is 59.7 Å². The Kier molecular flexibility index (Phi) is 31.3. The van der Waals surface area contributed by atoms with Gasteiger partial charge in [0.25, 0.3) is 0 Å². The average molecular weight is 1940 g/mol. The van der Waals surface area contributed by atoms with E-state index in [1.54, 1.807) is 48.5 Å². The molecule has 20 heteroatoms. The standard InChI is InChI=1S/C123H138O20/c1-27-140-142-63-138-119-83(21)39-89(59-101(119)115(95-45-77(15)107(128)53-69(95)7)96-46-78(16)108(129)54-70(96)8)122(87-37-81(19)117(136-61-111(132)134-25)99(57-87)113(91-41-73(11)103(124)49-65(91)3)92-42-74(12)104(125)50-66(92)4)33-29-85(30-34-122)121(23,24)86-31-35-123(36-32-86,88-38-82(20)118(137-62-112(133)135-26)100(58-88)114(93-43-75(13)105(126)51-67(93)5)94-44-76(14)106(127)52-68(94)6)90-40-84(22)120(139-64-143-141-28-2)102(60-90)116(97-47-79(17)109(130)55-71(97)9)98-48-80(18)110(131)56-72(98)10/h27-28,37-60,85-86,113-116H,1-2,15,29-36,61-64H2,3-14,16-26H3,(H7-,124,125,126,127,128,129,130,131)/p+1. The number of ether oxygens (including phenoxy) is 6. The number of carbonyl (C=O) groups is 2. The lowest BCUT2D eigenvalue weighted by Crippen LogP contribution is -2.43. The highest BCUT2D eigenvalue weighted by molar-refractivity contribution is 5.74. The monoisotopic (exact) mass is 1940 g/mol. The molecular formula is C123H139O20+. The van der Waals surface area contributed by atoms with Crippen molar-refractivity contribution < 1.29 is 98.4 Å². The number of hydrogen-bond acceptors (Lipinski definition) is 20. The smallest absolute Gasteiger partial charge is 0.343 e. The molecule has 0 amide bonds. The second-order valence-electron chi connectivity index (χ2n) is 40.9. The van der Waals surface area contributed by atoms with Gasteiger partial charge in [-0.3, -0.25) is 0 Å². The first-order valence-corrected chi connectivity index (χ1v) is 49.1. The number of phenols is 8. The summed E-state index contributed by atoms with van der Waals surface area (Å²) in [4.78, 5) is 49.3. The summed E-state index contributed by atoms with van der Waals surface area (Å²) in [5.41, 5.74) is 26.2. The summed E-state index contributed by atoms with van der Waals surface area (Å²) in [6.45, 7) is 52.5. The minimum Gasteiger partial charge on any atom is -0.508 e. The number of esters is 2. The topological polar surface area (TPSA) is 288 Å². The summed E-state index contributed by atoms with van der Waals surface area (Å²) in [5, 5.41) is 92.5. The van der Waals surface area contributed by atoms with E-state index in [1.807, 2.05) is 173 Å². The normalized spacial score (nSPS) is 16.2. The van der Waals surface area contributed by atoms with Crippen molar-refractivity contribution in [3.05, 3.63) is 378 Å². The molecule has 0 bridgehead atoms. The van der Waals surface area contributed by atoms with E-state index in [0.29, 0.717) is 93.2 Å². The molecule has 0 heterocycles. The van der Waals surface area contributed by atoms with Crippen LogP contribution in [-0.4, -0.2) is 93.8 Å². The molecule has 8 N–H and O–H groups in total. The third kappa shape index (κ3) is 20.9. The minimum atomic E-state index is -0.872. The molecule has 143 heavy (non-hydrogen) atoms. The maximum absolute atomic E-state index is 13.7. The van der Waals surface area contributed by atoms with Gasteiger partial charge in [0, 0.05) is 69.4 Å². The predicted molar refractivity (Wildman–Crippen MR) is 559 cm³/mol. The Bertz CT molecular complexity index is 6270. The largest absolute Gasteiger partial charge is 0.508 e. The number of hydrogen-bond donors (Lipinski definition) is 8. The number of benzene rings is 12. The van der Waals surface area contributed by atoms with Crippen molar-refractivity contribution in [2.75, 3.05) is 41.0 Å². The van der Waals surface area contributed by atoms with Gasteiger partial charge >= 0.3 is 11.9 Å². The molecule has 2 aliphatic carbocycles. The summed E-state index contributed by atoms with van der Waals surface area (Å²) in [7, 11) is 2.67. The second kappa shape index (κ2) is 42.7. The number of carbonyl (C=O) groups excluding carboxylic acids is 2. The van der Waals surface area contributed by atoms with Crippen LogP contribution in [0.3, 0.4) is 0 Å². The molecular weight excluding hydrogens is 1800 g/mol. The lowest BCUT2D eigenvalue weighted by molar-refractivity contribution is -0.282. The fourth-order valence-corrected chi connectivity index (χ4v) is 23.2. The summed E-state index contributed by atoms with van der Waals surface area (Å²) >= 11 is 0. The summed E-state index contributed by atoms with van der Waals surface area (Å²) in [5.74, 6) is -0.523. The molecule has 1 unspecified atom stereocenters. The fraction of sp³-hybridized carbons (Fsp3) is 0.358. The zero-order chi connectivity index (χ0) is 104. The Hall–Kier alpha value is -14.0. The van der Waals surface area contributed by atoms with Crippen LogP contribution < -0.4 is 18.9 Å². The van der Waals surface area contributed by atoms with E-state index in [0.717, 1.165) is 181 Å². The van der Waals surface area contributed by atoms with E-state index in [1.165, 1.54) is 26.7 Å². The third-order valence-corrected chi connectivity index (χ3v) is 31.4. The molecule has 2 aliphatic rings.